The summed E-state index contributed by atoms with van der Waals surface area (Å²) in [6.45, 7) is 3.52. The van der Waals surface area contributed by atoms with Gasteiger partial charge in [-0.1, -0.05) is 0 Å². The van der Waals surface area contributed by atoms with Gasteiger partial charge in [-0.2, -0.15) is 0 Å². The highest BCUT2D eigenvalue weighted by Crippen LogP contribution is 2.14. The van der Waals surface area contributed by atoms with Gasteiger partial charge >= 0.3 is 5.69 Å². The zero-order chi connectivity index (χ0) is 14.7. The van der Waals surface area contributed by atoms with E-state index in [9.17, 15) is 9.59 Å². The van der Waals surface area contributed by atoms with Gasteiger partial charge in [0.25, 0.3) is 5.91 Å². The Labute approximate surface area is 117 Å². The SMILES string of the molecule is CCOCCn1c(=O)[nH]c2cc(C(=O)N(C)C)ccc21. The van der Waals surface area contributed by atoms with Crippen LogP contribution in [0.5, 0.6) is 0 Å². The number of benzene rings is 1. The molecule has 0 aliphatic carbocycles. The van der Waals surface area contributed by atoms with Crippen molar-refractivity contribution in [2.24, 2.45) is 0 Å². The number of carbonyl (C=O) groups is 1. The Morgan fingerprint density at radius 3 is 2.80 bits per heavy atom. The molecule has 6 heteroatoms. The van der Waals surface area contributed by atoms with Crippen LogP contribution in [0.3, 0.4) is 0 Å². The van der Waals surface area contributed by atoms with Crippen LogP contribution < -0.4 is 5.69 Å². The molecule has 1 N–H and O–H groups in total. The molecule has 108 valence electrons. The van der Waals surface area contributed by atoms with Crippen molar-refractivity contribution in [1.29, 1.82) is 0 Å². The maximum atomic E-state index is 11.9. The van der Waals surface area contributed by atoms with Crippen molar-refractivity contribution in [3.8, 4) is 0 Å². The lowest BCUT2D eigenvalue weighted by atomic mass is 10.2. The standard InChI is InChI=1S/C14H19N3O3/c1-4-20-8-7-17-12-6-5-10(13(18)16(2)3)9-11(12)15-14(17)19/h5-6,9H,4,7-8H2,1-3H3,(H,15,19). The molecule has 0 unspecified atom stereocenters. The first-order valence-corrected chi connectivity index (χ1v) is 6.56. The van der Waals surface area contributed by atoms with Crippen LogP contribution in [-0.4, -0.2) is 47.7 Å². The maximum Gasteiger partial charge on any atom is 0.326 e. The minimum Gasteiger partial charge on any atom is -0.380 e. The van der Waals surface area contributed by atoms with Crippen molar-refractivity contribution in [3.63, 3.8) is 0 Å². The van der Waals surface area contributed by atoms with Crippen molar-refractivity contribution < 1.29 is 9.53 Å². The van der Waals surface area contributed by atoms with Crippen LogP contribution in [0.15, 0.2) is 23.0 Å². The van der Waals surface area contributed by atoms with Gasteiger partial charge in [0.05, 0.1) is 24.2 Å². The predicted octanol–water partition coefficient (Wildman–Crippen LogP) is 1.07. The minimum absolute atomic E-state index is 0.0881. The fourth-order valence-electron chi connectivity index (χ4n) is 2.08. The van der Waals surface area contributed by atoms with Crippen molar-refractivity contribution in [3.05, 3.63) is 34.2 Å². The molecule has 2 aromatic rings. The number of ether oxygens (including phenoxy) is 1. The summed E-state index contributed by atoms with van der Waals surface area (Å²) >= 11 is 0. The third kappa shape index (κ3) is 2.75. The van der Waals surface area contributed by atoms with Gasteiger partial charge in [0.1, 0.15) is 0 Å². The molecule has 0 saturated heterocycles. The average Bonchev–Trinajstić information content (AvgIpc) is 2.73. The number of aromatic amines is 1. The molecule has 1 aromatic carbocycles. The number of hydrogen-bond acceptors (Lipinski definition) is 3. The van der Waals surface area contributed by atoms with E-state index in [4.69, 9.17) is 4.74 Å². The number of fused-ring (bicyclic) bond motifs is 1. The lowest BCUT2D eigenvalue weighted by Gasteiger charge is -2.10. The number of nitrogens with one attached hydrogen (secondary N) is 1. The summed E-state index contributed by atoms with van der Waals surface area (Å²) in [6.07, 6.45) is 0. The summed E-state index contributed by atoms with van der Waals surface area (Å²) in [5.41, 5.74) is 1.82. The number of aromatic nitrogens is 2. The molecule has 0 aliphatic heterocycles. The average molecular weight is 277 g/mol. The molecule has 0 fully saturated rings. The van der Waals surface area contributed by atoms with E-state index in [2.05, 4.69) is 4.98 Å². The van der Waals surface area contributed by atoms with Gasteiger partial charge in [0.15, 0.2) is 0 Å². The lowest BCUT2D eigenvalue weighted by Crippen LogP contribution is -2.21. The molecule has 6 nitrogen and oxygen atoms in total. The summed E-state index contributed by atoms with van der Waals surface area (Å²) in [4.78, 5) is 28.1. The molecule has 0 bridgehead atoms. The first kappa shape index (κ1) is 14.3. The smallest absolute Gasteiger partial charge is 0.326 e. The highest BCUT2D eigenvalue weighted by molar-refractivity contribution is 5.97. The molecular formula is C14H19N3O3. The van der Waals surface area contributed by atoms with Gasteiger partial charge in [-0.25, -0.2) is 4.79 Å². The monoisotopic (exact) mass is 277 g/mol. The third-order valence-corrected chi connectivity index (χ3v) is 3.09. The number of H-pyrrole nitrogens is 1. The summed E-state index contributed by atoms with van der Waals surface area (Å²) in [7, 11) is 3.39. The molecule has 0 aliphatic rings. The van der Waals surface area contributed by atoms with Crippen molar-refractivity contribution in [1.82, 2.24) is 14.5 Å². The Morgan fingerprint density at radius 1 is 1.40 bits per heavy atom. The fraction of sp³-hybridized carbons (Fsp3) is 0.429. The number of rotatable bonds is 5. The minimum atomic E-state index is -0.186. The van der Waals surface area contributed by atoms with E-state index in [0.717, 1.165) is 5.52 Å². The second-order valence-corrected chi connectivity index (χ2v) is 4.71. The Kier molecular flexibility index (Phi) is 4.24. The number of amides is 1. The largest absolute Gasteiger partial charge is 0.380 e. The Hall–Kier alpha value is -2.08. The Balaban J connectivity index is 2.36. The first-order valence-electron chi connectivity index (χ1n) is 6.56. The topological polar surface area (TPSA) is 67.3 Å². The number of nitrogens with zero attached hydrogens (tertiary/aromatic N) is 2. The van der Waals surface area contributed by atoms with E-state index in [0.29, 0.717) is 30.8 Å². The van der Waals surface area contributed by atoms with Crippen LogP contribution in [0.25, 0.3) is 11.0 Å². The zero-order valence-electron chi connectivity index (χ0n) is 12.0. The summed E-state index contributed by atoms with van der Waals surface area (Å²) in [5, 5.41) is 0. The molecule has 1 heterocycles. The van der Waals surface area contributed by atoms with Crippen LogP contribution in [0.1, 0.15) is 17.3 Å². The summed E-state index contributed by atoms with van der Waals surface area (Å²) in [6, 6.07) is 5.22. The summed E-state index contributed by atoms with van der Waals surface area (Å²) in [5.74, 6) is -0.0881. The van der Waals surface area contributed by atoms with E-state index < -0.39 is 0 Å². The fourth-order valence-corrected chi connectivity index (χ4v) is 2.08. The quantitative estimate of drug-likeness (QED) is 0.831. The highest BCUT2D eigenvalue weighted by atomic mass is 16.5. The molecule has 0 radical (unpaired) electrons. The number of hydrogen-bond donors (Lipinski definition) is 1. The van der Waals surface area contributed by atoms with E-state index in [1.54, 1.807) is 36.9 Å². The van der Waals surface area contributed by atoms with Crippen molar-refractivity contribution in [2.75, 3.05) is 27.3 Å². The Bertz CT molecular complexity index is 670. The van der Waals surface area contributed by atoms with Crippen molar-refractivity contribution >= 4 is 16.9 Å². The highest BCUT2D eigenvalue weighted by Gasteiger charge is 2.12. The van der Waals surface area contributed by atoms with Crippen molar-refractivity contribution in [2.45, 2.75) is 13.5 Å². The molecular weight excluding hydrogens is 258 g/mol. The van der Waals surface area contributed by atoms with E-state index in [1.165, 1.54) is 4.90 Å². The molecule has 1 aromatic heterocycles. The Morgan fingerprint density at radius 2 is 2.15 bits per heavy atom. The third-order valence-electron chi connectivity index (χ3n) is 3.09. The molecule has 20 heavy (non-hydrogen) atoms. The summed E-state index contributed by atoms with van der Waals surface area (Å²) < 4.78 is 6.89. The van der Waals surface area contributed by atoms with Gasteiger partial charge in [-0.05, 0) is 25.1 Å². The molecule has 0 spiro atoms. The van der Waals surface area contributed by atoms with E-state index in [-0.39, 0.29) is 11.6 Å². The van der Waals surface area contributed by atoms with Crippen LogP contribution in [0.4, 0.5) is 0 Å². The van der Waals surface area contributed by atoms with Crippen LogP contribution in [0, 0.1) is 0 Å². The molecule has 0 saturated carbocycles. The first-order chi connectivity index (χ1) is 9.54. The van der Waals surface area contributed by atoms with Crippen LogP contribution >= 0.6 is 0 Å². The molecule has 1 amide bonds. The van der Waals surface area contributed by atoms with Gasteiger partial charge in [0, 0.05) is 26.3 Å². The molecule has 2 rings (SSSR count). The zero-order valence-corrected chi connectivity index (χ0v) is 12.0. The van der Waals surface area contributed by atoms with Gasteiger partial charge in [-0.15, -0.1) is 0 Å². The predicted molar refractivity (Wildman–Crippen MR) is 77.1 cm³/mol. The second-order valence-electron chi connectivity index (χ2n) is 4.71. The van der Waals surface area contributed by atoms with Crippen LogP contribution in [-0.2, 0) is 11.3 Å². The second kappa shape index (κ2) is 5.92. The maximum absolute atomic E-state index is 11.9. The van der Waals surface area contributed by atoms with Gasteiger partial charge in [0.2, 0.25) is 0 Å². The van der Waals surface area contributed by atoms with Crippen LogP contribution in [0.2, 0.25) is 0 Å². The van der Waals surface area contributed by atoms with E-state index >= 15 is 0 Å². The number of imidazole rings is 1. The normalized spacial score (nSPS) is 10.9. The van der Waals surface area contributed by atoms with E-state index in [1.807, 2.05) is 6.92 Å². The molecule has 0 atom stereocenters. The van der Waals surface area contributed by atoms with Gasteiger partial charge < -0.3 is 14.6 Å². The lowest BCUT2D eigenvalue weighted by molar-refractivity contribution is 0.0827. The van der Waals surface area contributed by atoms with Gasteiger partial charge in [-0.3, -0.25) is 9.36 Å². The number of carbonyl (C=O) groups excluding carboxylic acids is 1.